The number of hydrogen-bond acceptors (Lipinski definition) is 4. The zero-order valence-electron chi connectivity index (χ0n) is 21.3. The molecule has 2 aromatic carbocycles. The van der Waals surface area contributed by atoms with Crippen molar-refractivity contribution in [3.05, 3.63) is 63.6 Å². The summed E-state index contributed by atoms with van der Waals surface area (Å²) in [7, 11) is 0. The molecular formula is C28H36N2O2S. The van der Waals surface area contributed by atoms with E-state index in [0.717, 1.165) is 22.4 Å². The Balaban J connectivity index is 2.10. The van der Waals surface area contributed by atoms with E-state index in [1.165, 1.54) is 17.3 Å². The molecule has 2 aromatic rings. The van der Waals surface area contributed by atoms with Gasteiger partial charge in [0, 0.05) is 17.2 Å². The summed E-state index contributed by atoms with van der Waals surface area (Å²) in [6.07, 6.45) is 1.93. The number of carbonyl (C=O) groups excluding carboxylic acids is 1. The second-order valence-electron chi connectivity index (χ2n) is 11.1. The number of hydrogen-bond donors (Lipinski definition) is 1. The molecule has 0 bridgehead atoms. The maximum absolute atomic E-state index is 13.3. The Morgan fingerprint density at radius 3 is 1.94 bits per heavy atom. The molecule has 3 rings (SSSR count). The van der Waals surface area contributed by atoms with Crippen molar-refractivity contribution in [2.75, 3.05) is 0 Å². The van der Waals surface area contributed by atoms with Gasteiger partial charge < -0.3 is 5.11 Å². The van der Waals surface area contributed by atoms with E-state index >= 15 is 0 Å². The van der Waals surface area contributed by atoms with Gasteiger partial charge in [-0.3, -0.25) is 9.69 Å². The van der Waals surface area contributed by atoms with Crippen LogP contribution in [0.3, 0.4) is 0 Å². The molecule has 0 saturated carbocycles. The lowest BCUT2D eigenvalue weighted by Gasteiger charge is -2.28. The molecule has 5 heteroatoms. The van der Waals surface area contributed by atoms with Gasteiger partial charge in [0.15, 0.2) is 5.17 Å². The Morgan fingerprint density at radius 2 is 1.48 bits per heavy atom. The first kappa shape index (κ1) is 25.1. The molecule has 0 unspecified atom stereocenters. The number of rotatable bonds is 3. The van der Waals surface area contributed by atoms with Gasteiger partial charge in [-0.2, -0.15) is 0 Å². The average Bonchev–Trinajstić information content (AvgIpc) is 2.98. The van der Waals surface area contributed by atoms with E-state index in [-0.39, 0.29) is 22.8 Å². The van der Waals surface area contributed by atoms with Crippen LogP contribution in [0.4, 0.5) is 5.69 Å². The standard InChI is InChI=1S/C28H36N2O2S/c1-17(2)30-25(32)23(33-26(30)29-20-12-10-18(3)11-13-20)16-19-14-21(27(4,5)6)24(31)22(15-19)28(7,8)9/h10-17,31H,1-9H3/b23-16+,29-26?. The lowest BCUT2D eigenvalue weighted by molar-refractivity contribution is -0.123. The van der Waals surface area contributed by atoms with Crippen molar-refractivity contribution in [3.8, 4) is 5.75 Å². The molecular weight excluding hydrogens is 428 g/mol. The van der Waals surface area contributed by atoms with Crippen LogP contribution < -0.4 is 0 Å². The van der Waals surface area contributed by atoms with E-state index in [2.05, 4.69) is 41.5 Å². The smallest absolute Gasteiger partial charge is 0.266 e. The fourth-order valence-corrected chi connectivity index (χ4v) is 4.91. The molecule has 1 fully saturated rings. The number of aliphatic imine (C=N–C) groups is 1. The first-order valence-corrected chi connectivity index (χ1v) is 12.3. The zero-order chi connectivity index (χ0) is 24.7. The molecule has 176 valence electrons. The Labute approximate surface area is 202 Å². The first-order valence-electron chi connectivity index (χ1n) is 11.4. The number of phenols is 1. The molecule has 1 aliphatic rings. The summed E-state index contributed by atoms with van der Waals surface area (Å²) in [5.41, 5.74) is 4.22. The van der Waals surface area contributed by atoms with E-state index in [1.807, 2.05) is 63.2 Å². The predicted molar refractivity (Wildman–Crippen MR) is 141 cm³/mol. The van der Waals surface area contributed by atoms with Gasteiger partial charge in [0.05, 0.1) is 10.6 Å². The minimum atomic E-state index is -0.229. The number of aromatic hydroxyl groups is 1. The average molecular weight is 465 g/mol. The third-order valence-electron chi connectivity index (χ3n) is 5.66. The Hall–Kier alpha value is -2.53. The predicted octanol–water partition coefficient (Wildman–Crippen LogP) is 7.31. The number of carbonyl (C=O) groups is 1. The number of nitrogens with zero attached hydrogens (tertiary/aromatic N) is 2. The van der Waals surface area contributed by atoms with Gasteiger partial charge in [0.1, 0.15) is 5.75 Å². The number of phenolic OH excluding ortho intramolecular Hbond substituents is 1. The van der Waals surface area contributed by atoms with Gasteiger partial charge in [-0.05, 0) is 79.3 Å². The van der Waals surface area contributed by atoms with Crippen LogP contribution in [0.5, 0.6) is 5.75 Å². The van der Waals surface area contributed by atoms with E-state index in [1.54, 1.807) is 4.90 Å². The second-order valence-corrected chi connectivity index (χ2v) is 12.1. The molecule has 0 atom stereocenters. The van der Waals surface area contributed by atoms with Gasteiger partial charge in [0.25, 0.3) is 5.91 Å². The molecule has 33 heavy (non-hydrogen) atoms. The topological polar surface area (TPSA) is 52.9 Å². The third-order valence-corrected chi connectivity index (χ3v) is 6.64. The quantitative estimate of drug-likeness (QED) is 0.485. The molecule has 0 radical (unpaired) electrons. The fourth-order valence-electron chi connectivity index (χ4n) is 3.78. The highest BCUT2D eigenvalue weighted by Gasteiger charge is 2.35. The van der Waals surface area contributed by atoms with Crippen molar-refractivity contribution in [3.63, 3.8) is 0 Å². The summed E-state index contributed by atoms with van der Waals surface area (Å²) in [5.74, 6) is 0.302. The van der Waals surface area contributed by atoms with Gasteiger partial charge in [-0.1, -0.05) is 59.2 Å². The minimum absolute atomic E-state index is 0.00446. The normalized spacial score (nSPS) is 17.6. The number of thioether (sulfide) groups is 1. The molecule has 0 aromatic heterocycles. The highest BCUT2D eigenvalue weighted by atomic mass is 32.2. The van der Waals surface area contributed by atoms with Crippen molar-refractivity contribution in [1.82, 2.24) is 4.90 Å². The van der Waals surface area contributed by atoms with Crippen molar-refractivity contribution in [2.45, 2.75) is 79.2 Å². The number of amides is 1. The highest BCUT2D eigenvalue weighted by Crippen LogP contribution is 2.41. The molecule has 1 saturated heterocycles. The minimum Gasteiger partial charge on any atom is -0.507 e. The van der Waals surface area contributed by atoms with Crippen molar-refractivity contribution < 1.29 is 9.90 Å². The Bertz CT molecular complexity index is 1080. The molecule has 0 aliphatic carbocycles. The van der Waals surface area contributed by atoms with E-state index < -0.39 is 0 Å². The van der Waals surface area contributed by atoms with Gasteiger partial charge >= 0.3 is 0 Å². The number of amidine groups is 1. The molecule has 0 spiro atoms. The summed E-state index contributed by atoms with van der Waals surface area (Å²) in [5, 5.41) is 11.7. The summed E-state index contributed by atoms with van der Waals surface area (Å²) in [6.45, 7) is 18.6. The maximum Gasteiger partial charge on any atom is 0.266 e. The fraction of sp³-hybridized carbons (Fsp3) is 0.429. The molecule has 1 aliphatic heterocycles. The summed E-state index contributed by atoms with van der Waals surface area (Å²) in [6, 6.07) is 12.0. The number of aryl methyl sites for hydroxylation is 1. The highest BCUT2D eigenvalue weighted by molar-refractivity contribution is 8.18. The monoisotopic (exact) mass is 464 g/mol. The van der Waals surface area contributed by atoms with Crippen LogP contribution in [0.2, 0.25) is 0 Å². The first-order chi connectivity index (χ1) is 15.2. The van der Waals surface area contributed by atoms with Crippen molar-refractivity contribution in [1.29, 1.82) is 0 Å². The summed E-state index contributed by atoms with van der Waals surface area (Å²) < 4.78 is 0. The second kappa shape index (κ2) is 9.02. The largest absolute Gasteiger partial charge is 0.507 e. The van der Waals surface area contributed by atoms with Crippen LogP contribution in [0.25, 0.3) is 6.08 Å². The molecule has 1 N–H and O–H groups in total. The molecule has 4 nitrogen and oxygen atoms in total. The Morgan fingerprint density at radius 1 is 0.970 bits per heavy atom. The summed E-state index contributed by atoms with van der Waals surface area (Å²) >= 11 is 1.40. The van der Waals surface area contributed by atoms with Crippen LogP contribution in [-0.2, 0) is 15.6 Å². The van der Waals surface area contributed by atoms with Gasteiger partial charge in [-0.25, -0.2) is 4.99 Å². The van der Waals surface area contributed by atoms with Crippen molar-refractivity contribution >= 4 is 34.6 Å². The van der Waals surface area contributed by atoms with E-state index in [9.17, 15) is 9.90 Å². The maximum atomic E-state index is 13.3. The molecule has 1 amide bonds. The SMILES string of the molecule is Cc1ccc(N=C2S/C(=C/c3cc(C(C)(C)C)c(O)c(C(C)(C)C)c3)C(=O)N2C(C)C)cc1. The van der Waals surface area contributed by atoms with Gasteiger partial charge in [0.2, 0.25) is 0 Å². The van der Waals surface area contributed by atoms with Gasteiger partial charge in [-0.15, -0.1) is 0 Å². The van der Waals surface area contributed by atoms with Crippen LogP contribution in [-0.4, -0.2) is 27.1 Å². The lowest BCUT2D eigenvalue weighted by Crippen LogP contribution is -2.35. The Kier molecular flexibility index (Phi) is 6.86. The van der Waals surface area contributed by atoms with E-state index in [0.29, 0.717) is 15.8 Å². The van der Waals surface area contributed by atoms with Crippen LogP contribution in [0, 0.1) is 6.92 Å². The number of benzene rings is 2. The van der Waals surface area contributed by atoms with E-state index in [4.69, 9.17) is 4.99 Å². The van der Waals surface area contributed by atoms with Crippen LogP contribution in [0.15, 0.2) is 46.3 Å². The van der Waals surface area contributed by atoms with Crippen LogP contribution >= 0.6 is 11.8 Å². The molecule has 1 heterocycles. The van der Waals surface area contributed by atoms with Crippen molar-refractivity contribution in [2.24, 2.45) is 4.99 Å². The van der Waals surface area contributed by atoms with Crippen LogP contribution in [0.1, 0.15) is 77.6 Å². The lowest BCUT2D eigenvalue weighted by atomic mass is 9.78. The zero-order valence-corrected chi connectivity index (χ0v) is 22.1. The third kappa shape index (κ3) is 5.52. The summed E-state index contributed by atoms with van der Waals surface area (Å²) in [4.78, 5) is 20.5.